The number of carboxylic acid groups (broad SMARTS) is 1. The molecule has 8 nitrogen and oxygen atoms in total. The van der Waals surface area contributed by atoms with E-state index in [0.29, 0.717) is 17.8 Å². The summed E-state index contributed by atoms with van der Waals surface area (Å²) in [7, 11) is 0. The first-order chi connectivity index (χ1) is 12.9. The van der Waals surface area contributed by atoms with Crippen LogP contribution in [0, 0.1) is 12.8 Å². The molecule has 2 unspecified atom stereocenters. The third-order valence-electron chi connectivity index (χ3n) is 4.71. The van der Waals surface area contributed by atoms with Gasteiger partial charge >= 0.3 is 5.97 Å². The SMILES string of the molecule is CCC(C)C(NC(=O)c1nnn(-c2cccc3cccnc23)c1C)C(=O)O. The van der Waals surface area contributed by atoms with Crippen LogP contribution < -0.4 is 5.32 Å². The maximum absolute atomic E-state index is 12.6. The van der Waals surface area contributed by atoms with E-state index in [-0.39, 0.29) is 11.6 Å². The van der Waals surface area contributed by atoms with Crippen LogP contribution in [0.2, 0.25) is 0 Å². The van der Waals surface area contributed by atoms with Crippen molar-refractivity contribution in [2.75, 3.05) is 0 Å². The first-order valence-electron chi connectivity index (χ1n) is 8.74. The van der Waals surface area contributed by atoms with E-state index < -0.39 is 17.9 Å². The Balaban J connectivity index is 1.95. The number of hydrogen-bond donors (Lipinski definition) is 2. The lowest BCUT2D eigenvalue weighted by Crippen LogP contribution is -2.45. The summed E-state index contributed by atoms with van der Waals surface area (Å²) >= 11 is 0. The zero-order valence-electron chi connectivity index (χ0n) is 15.4. The number of fused-ring (bicyclic) bond motifs is 1. The van der Waals surface area contributed by atoms with Gasteiger partial charge in [0.15, 0.2) is 5.69 Å². The van der Waals surface area contributed by atoms with E-state index >= 15 is 0 Å². The number of para-hydroxylation sites is 1. The Kier molecular flexibility index (Phi) is 5.16. The van der Waals surface area contributed by atoms with E-state index in [2.05, 4.69) is 20.6 Å². The molecule has 0 aliphatic carbocycles. The van der Waals surface area contributed by atoms with E-state index in [1.807, 2.05) is 37.3 Å². The highest BCUT2D eigenvalue weighted by atomic mass is 16.4. The maximum Gasteiger partial charge on any atom is 0.326 e. The van der Waals surface area contributed by atoms with Crippen LogP contribution >= 0.6 is 0 Å². The van der Waals surface area contributed by atoms with E-state index in [9.17, 15) is 14.7 Å². The van der Waals surface area contributed by atoms with Crippen molar-refractivity contribution in [3.63, 3.8) is 0 Å². The molecule has 0 aliphatic rings. The molecule has 0 saturated carbocycles. The van der Waals surface area contributed by atoms with Crippen molar-refractivity contribution >= 4 is 22.8 Å². The first kappa shape index (κ1) is 18.5. The number of benzene rings is 1. The van der Waals surface area contributed by atoms with Gasteiger partial charge in [-0.15, -0.1) is 5.10 Å². The van der Waals surface area contributed by atoms with Crippen molar-refractivity contribution in [1.82, 2.24) is 25.3 Å². The second-order valence-electron chi connectivity index (χ2n) is 6.46. The molecule has 3 rings (SSSR count). The fraction of sp³-hybridized carbons (Fsp3) is 0.316. The number of amides is 1. The second kappa shape index (κ2) is 7.53. The van der Waals surface area contributed by atoms with Gasteiger partial charge in [0, 0.05) is 11.6 Å². The predicted octanol–water partition coefficient (Wildman–Crippen LogP) is 2.35. The molecule has 2 aromatic heterocycles. The van der Waals surface area contributed by atoms with Gasteiger partial charge in [0.05, 0.1) is 16.9 Å². The number of aliphatic carboxylic acids is 1. The lowest BCUT2D eigenvalue weighted by molar-refractivity contribution is -0.140. The predicted molar refractivity (Wildman–Crippen MR) is 99.7 cm³/mol. The number of carboxylic acids is 1. The largest absolute Gasteiger partial charge is 0.480 e. The molecule has 2 heterocycles. The lowest BCUT2D eigenvalue weighted by Gasteiger charge is -2.19. The summed E-state index contributed by atoms with van der Waals surface area (Å²) in [5.41, 5.74) is 2.05. The fourth-order valence-electron chi connectivity index (χ4n) is 2.92. The van der Waals surface area contributed by atoms with Gasteiger partial charge in [-0.05, 0) is 25.0 Å². The Morgan fingerprint density at radius 2 is 2.00 bits per heavy atom. The molecule has 1 aromatic carbocycles. The third kappa shape index (κ3) is 3.51. The standard InChI is InChI=1S/C19H21N5O3/c1-4-11(2)15(19(26)27)21-18(25)16-12(3)24(23-22-16)14-9-5-7-13-8-6-10-20-17(13)14/h5-11,15H,4H2,1-3H3,(H,21,25)(H,26,27). The van der Waals surface area contributed by atoms with Gasteiger partial charge < -0.3 is 10.4 Å². The summed E-state index contributed by atoms with van der Waals surface area (Å²) < 4.78 is 1.54. The average Bonchev–Trinajstić information content (AvgIpc) is 3.06. The Morgan fingerprint density at radius 1 is 1.26 bits per heavy atom. The van der Waals surface area contributed by atoms with Crippen LogP contribution in [0.1, 0.15) is 36.5 Å². The van der Waals surface area contributed by atoms with Crippen LogP contribution in [0.5, 0.6) is 0 Å². The molecule has 0 saturated heterocycles. The van der Waals surface area contributed by atoms with Crippen molar-refractivity contribution in [3.05, 3.63) is 47.9 Å². The molecule has 3 aromatic rings. The van der Waals surface area contributed by atoms with Gasteiger partial charge in [-0.25, -0.2) is 9.48 Å². The number of pyridine rings is 1. The van der Waals surface area contributed by atoms with Crippen molar-refractivity contribution in [3.8, 4) is 5.69 Å². The van der Waals surface area contributed by atoms with Crippen LogP contribution in [0.4, 0.5) is 0 Å². The van der Waals surface area contributed by atoms with Gasteiger partial charge in [0.1, 0.15) is 6.04 Å². The summed E-state index contributed by atoms with van der Waals surface area (Å²) in [5.74, 6) is -1.83. The Hall–Kier alpha value is -3.29. The summed E-state index contributed by atoms with van der Waals surface area (Å²) in [4.78, 5) is 28.5. The molecule has 2 atom stereocenters. The number of rotatable bonds is 6. The molecule has 0 fully saturated rings. The minimum Gasteiger partial charge on any atom is -0.480 e. The minimum absolute atomic E-state index is 0.0949. The maximum atomic E-state index is 12.6. The van der Waals surface area contributed by atoms with E-state index in [0.717, 1.165) is 10.9 Å². The van der Waals surface area contributed by atoms with Gasteiger partial charge in [-0.2, -0.15) is 0 Å². The smallest absolute Gasteiger partial charge is 0.326 e. The number of carbonyl (C=O) groups excluding carboxylic acids is 1. The first-order valence-corrected chi connectivity index (χ1v) is 8.74. The summed E-state index contributed by atoms with van der Waals surface area (Å²) in [6.45, 7) is 5.38. The van der Waals surface area contributed by atoms with E-state index in [1.54, 1.807) is 24.7 Å². The minimum atomic E-state index is -1.07. The number of nitrogens with one attached hydrogen (secondary N) is 1. The van der Waals surface area contributed by atoms with Gasteiger partial charge in [0.2, 0.25) is 0 Å². The number of hydrogen-bond acceptors (Lipinski definition) is 5. The molecule has 0 aliphatic heterocycles. The van der Waals surface area contributed by atoms with Crippen LogP contribution in [0.25, 0.3) is 16.6 Å². The molecule has 27 heavy (non-hydrogen) atoms. The van der Waals surface area contributed by atoms with Crippen LogP contribution in [0.15, 0.2) is 36.5 Å². The monoisotopic (exact) mass is 367 g/mol. The Morgan fingerprint density at radius 3 is 2.70 bits per heavy atom. The fourth-order valence-corrected chi connectivity index (χ4v) is 2.92. The molecule has 140 valence electrons. The van der Waals surface area contributed by atoms with Crippen LogP contribution in [0.3, 0.4) is 0 Å². The number of aromatic nitrogens is 4. The van der Waals surface area contributed by atoms with E-state index in [1.165, 1.54) is 0 Å². The van der Waals surface area contributed by atoms with E-state index in [4.69, 9.17) is 0 Å². The third-order valence-corrected chi connectivity index (χ3v) is 4.71. The number of nitrogens with zero attached hydrogens (tertiary/aromatic N) is 4. The topological polar surface area (TPSA) is 110 Å². The normalized spacial score (nSPS) is 13.3. The second-order valence-corrected chi connectivity index (χ2v) is 6.46. The molecule has 0 bridgehead atoms. The van der Waals surface area contributed by atoms with Crippen LogP contribution in [-0.4, -0.2) is 43.0 Å². The van der Waals surface area contributed by atoms with Crippen LogP contribution in [-0.2, 0) is 4.79 Å². The van der Waals surface area contributed by atoms with Crippen molar-refractivity contribution in [2.45, 2.75) is 33.2 Å². The summed E-state index contributed by atoms with van der Waals surface area (Å²) in [6.07, 6.45) is 2.32. The molecule has 1 amide bonds. The lowest BCUT2D eigenvalue weighted by atomic mass is 9.99. The van der Waals surface area contributed by atoms with Crippen molar-refractivity contribution in [2.24, 2.45) is 5.92 Å². The molecule has 0 spiro atoms. The Labute approximate surface area is 156 Å². The number of carbonyl (C=O) groups is 2. The van der Waals surface area contributed by atoms with Gasteiger partial charge in [-0.1, -0.05) is 43.7 Å². The zero-order valence-corrected chi connectivity index (χ0v) is 15.4. The highest BCUT2D eigenvalue weighted by Crippen LogP contribution is 2.21. The molecule has 2 N–H and O–H groups in total. The zero-order chi connectivity index (χ0) is 19.6. The molecular formula is C19H21N5O3. The summed E-state index contributed by atoms with van der Waals surface area (Å²) in [6, 6.07) is 8.47. The average molecular weight is 367 g/mol. The van der Waals surface area contributed by atoms with Gasteiger partial charge in [0.25, 0.3) is 5.91 Å². The Bertz CT molecular complexity index is 993. The molecule has 0 radical (unpaired) electrons. The summed E-state index contributed by atoms with van der Waals surface area (Å²) in [5, 5.41) is 20.9. The van der Waals surface area contributed by atoms with Crippen molar-refractivity contribution < 1.29 is 14.7 Å². The van der Waals surface area contributed by atoms with Crippen molar-refractivity contribution in [1.29, 1.82) is 0 Å². The highest BCUT2D eigenvalue weighted by molar-refractivity contribution is 5.96. The molecular weight excluding hydrogens is 346 g/mol. The highest BCUT2D eigenvalue weighted by Gasteiger charge is 2.28. The quantitative estimate of drug-likeness (QED) is 0.692. The molecule has 8 heteroatoms. The van der Waals surface area contributed by atoms with Gasteiger partial charge in [-0.3, -0.25) is 9.78 Å².